The fourth-order valence-electron chi connectivity index (χ4n) is 1.86. The minimum absolute atomic E-state index is 0.0246. The molecule has 0 fully saturated rings. The molecule has 0 bridgehead atoms. The molecule has 1 atom stereocenters. The quantitative estimate of drug-likeness (QED) is 0.433. The summed E-state index contributed by atoms with van der Waals surface area (Å²) in [5, 5.41) is 34.0. The highest BCUT2D eigenvalue weighted by molar-refractivity contribution is 6.31. The van der Waals surface area contributed by atoms with Crippen LogP contribution in [0.15, 0.2) is 47.6 Å². The molecule has 0 saturated carbocycles. The van der Waals surface area contributed by atoms with E-state index in [9.17, 15) is 25.1 Å². The molecule has 0 radical (unpaired) electrons. The average Bonchev–Trinajstić information content (AvgIpc) is 2.57. The first-order valence-electron chi connectivity index (χ1n) is 6.63. The van der Waals surface area contributed by atoms with Crippen LogP contribution in [-0.2, 0) is 4.79 Å². The lowest BCUT2D eigenvalue weighted by Gasteiger charge is -2.08. The van der Waals surface area contributed by atoms with Gasteiger partial charge in [0.15, 0.2) is 6.10 Å². The topological polar surface area (TPSA) is 125 Å². The van der Waals surface area contributed by atoms with Crippen molar-refractivity contribution < 1.29 is 19.9 Å². The number of halogens is 1. The van der Waals surface area contributed by atoms with Crippen LogP contribution in [0.3, 0.4) is 0 Å². The van der Waals surface area contributed by atoms with Gasteiger partial charge in [-0.3, -0.25) is 14.9 Å². The zero-order valence-electron chi connectivity index (χ0n) is 12.1. The van der Waals surface area contributed by atoms with Crippen molar-refractivity contribution in [1.29, 1.82) is 0 Å². The number of amides is 1. The van der Waals surface area contributed by atoms with Crippen LogP contribution < -0.4 is 5.43 Å². The van der Waals surface area contributed by atoms with Gasteiger partial charge in [0.1, 0.15) is 0 Å². The van der Waals surface area contributed by atoms with Crippen LogP contribution in [-0.4, -0.2) is 27.3 Å². The first-order valence-corrected chi connectivity index (χ1v) is 7.00. The summed E-state index contributed by atoms with van der Waals surface area (Å²) in [5.41, 5.74) is 1.83. The molecule has 0 aliphatic carbocycles. The number of benzene rings is 2. The molecule has 0 spiro atoms. The molecular formula is C15H12ClN3O5. The van der Waals surface area contributed by atoms with Gasteiger partial charge in [-0.2, -0.15) is 5.10 Å². The molecule has 1 amide bonds. The number of phenols is 1. The maximum Gasteiger partial charge on any atom is 0.312 e. The number of nitro benzene ring substituents is 1. The van der Waals surface area contributed by atoms with Gasteiger partial charge in [-0.05, 0) is 11.6 Å². The summed E-state index contributed by atoms with van der Waals surface area (Å²) in [4.78, 5) is 21.8. The van der Waals surface area contributed by atoms with E-state index in [0.29, 0.717) is 5.56 Å². The fraction of sp³-hybridized carbons (Fsp3) is 0.0667. The van der Waals surface area contributed by atoms with Crippen LogP contribution in [0, 0.1) is 10.1 Å². The normalized spacial score (nSPS) is 12.1. The molecule has 0 aromatic heterocycles. The van der Waals surface area contributed by atoms with Crippen molar-refractivity contribution in [1.82, 2.24) is 5.43 Å². The first kappa shape index (κ1) is 17.4. The molecule has 0 aliphatic heterocycles. The molecule has 0 heterocycles. The number of nitrogens with zero attached hydrogens (tertiary/aromatic N) is 2. The van der Waals surface area contributed by atoms with Crippen LogP contribution in [0.5, 0.6) is 5.75 Å². The Balaban J connectivity index is 2.12. The number of rotatable bonds is 5. The van der Waals surface area contributed by atoms with E-state index in [0.717, 1.165) is 12.3 Å². The highest BCUT2D eigenvalue weighted by Crippen LogP contribution is 2.32. The molecule has 24 heavy (non-hydrogen) atoms. The van der Waals surface area contributed by atoms with Crippen molar-refractivity contribution in [3.05, 3.63) is 68.7 Å². The SMILES string of the molecule is O=C(NN=Cc1cc(Cl)cc([N+](=O)[O-])c1O)C(O)c1ccccc1. The van der Waals surface area contributed by atoms with Crippen molar-refractivity contribution in [2.24, 2.45) is 5.10 Å². The third-order valence-corrected chi connectivity index (χ3v) is 3.24. The largest absolute Gasteiger partial charge is 0.502 e. The minimum atomic E-state index is -1.43. The maximum absolute atomic E-state index is 11.8. The number of hydrogen-bond donors (Lipinski definition) is 3. The number of aromatic hydroxyl groups is 1. The lowest BCUT2D eigenvalue weighted by atomic mass is 10.1. The Hall–Kier alpha value is -2.97. The monoisotopic (exact) mass is 349 g/mol. The van der Waals surface area contributed by atoms with E-state index < -0.39 is 28.4 Å². The van der Waals surface area contributed by atoms with Crippen LogP contribution in [0.25, 0.3) is 0 Å². The van der Waals surface area contributed by atoms with Gasteiger partial charge in [0.25, 0.3) is 5.91 Å². The van der Waals surface area contributed by atoms with Gasteiger partial charge in [0.05, 0.1) is 11.1 Å². The van der Waals surface area contributed by atoms with Crippen molar-refractivity contribution in [3.63, 3.8) is 0 Å². The van der Waals surface area contributed by atoms with Crippen LogP contribution in [0.4, 0.5) is 5.69 Å². The van der Waals surface area contributed by atoms with E-state index >= 15 is 0 Å². The highest BCUT2D eigenvalue weighted by atomic mass is 35.5. The molecule has 1 unspecified atom stereocenters. The molecule has 2 aromatic rings. The number of hydrogen-bond acceptors (Lipinski definition) is 6. The Labute approximate surface area is 141 Å². The van der Waals surface area contributed by atoms with Crippen molar-refractivity contribution in [3.8, 4) is 5.75 Å². The summed E-state index contributed by atoms with van der Waals surface area (Å²) in [6.07, 6.45) is -0.435. The average molecular weight is 350 g/mol. The Morgan fingerprint density at radius 3 is 2.62 bits per heavy atom. The number of nitrogens with one attached hydrogen (secondary N) is 1. The van der Waals surface area contributed by atoms with Crippen LogP contribution in [0.2, 0.25) is 5.02 Å². The van der Waals surface area contributed by atoms with Gasteiger partial charge in [-0.15, -0.1) is 0 Å². The molecule has 3 N–H and O–H groups in total. The van der Waals surface area contributed by atoms with Gasteiger partial charge in [-0.1, -0.05) is 41.9 Å². The van der Waals surface area contributed by atoms with Gasteiger partial charge in [0, 0.05) is 16.7 Å². The van der Waals surface area contributed by atoms with E-state index in [4.69, 9.17) is 11.6 Å². The third kappa shape index (κ3) is 4.06. The van der Waals surface area contributed by atoms with Crippen molar-refractivity contribution in [2.75, 3.05) is 0 Å². The van der Waals surface area contributed by atoms with Crippen LogP contribution in [0.1, 0.15) is 17.2 Å². The fourth-order valence-corrected chi connectivity index (χ4v) is 2.08. The summed E-state index contributed by atoms with van der Waals surface area (Å²) >= 11 is 5.73. The third-order valence-electron chi connectivity index (χ3n) is 3.02. The summed E-state index contributed by atoms with van der Waals surface area (Å²) in [6.45, 7) is 0. The first-order chi connectivity index (χ1) is 11.4. The number of phenolic OH excluding ortho intramolecular Hbond substituents is 1. The highest BCUT2D eigenvalue weighted by Gasteiger charge is 2.18. The minimum Gasteiger partial charge on any atom is -0.502 e. The predicted octanol–water partition coefficient (Wildman–Crippen LogP) is 2.14. The van der Waals surface area contributed by atoms with E-state index in [-0.39, 0.29) is 10.6 Å². The molecule has 0 saturated heterocycles. The van der Waals surface area contributed by atoms with Crippen LogP contribution >= 0.6 is 11.6 Å². The molecule has 9 heteroatoms. The van der Waals surface area contributed by atoms with E-state index in [2.05, 4.69) is 10.5 Å². The lowest BCUT2D eigenvalue weighted by Crippen LogP contribution is -2.25. The van der Waals surface area contributed by atoms with Gasteiger partial charge in [0.2, 0.25) is 5.75 Å². The maximum atomic E-state index is 11.8. The summed E-state index contributed by atoms with van der Waals surface area (Å²) in [5.74, 6) is -1.43. The second kappa shape index (κ2) is 7.53. The van der Waals surface area contributed by atoms with E-state index in [1.807, 2.05) is 0 Å². The number of aliphatic hydroxyl groups is 1. The predicted molar refractivity (Wildman–Crippen MR) is 86.9 cm³/mol. The molecule has 124 valence electrons. The Bertz CT molecular complexity index is 795. The van der Waals surface area contributed by atoms with E-state index in [1.54, 1.807) is 30.3 Å². The molecule has 2 rings (SSSR count). The Morgan fingerprint density at radius 2 is 2.00 bits per heavy atom. The number of hydrazone groups is 1. The number of aliphatic hydroxyl groups excluding tert-OH is 1. The molecule has 0 aliphatic rings. The Kier molecular flexibility index (Phi) is 5.46. The van der Waals surface area contributed by atoms with Crippen molar-refractivity contribution >= 4 is 29.4 Å². The number of nitro groups is 1. The molecule has 8 nitrogen and oxygen atoms in total. The smallest absolute Gasteiger partial charge is 0.312 e. The van der Waals surface area contributed by atoms with Gasteiger partial charge in [-0.25, -0.2) is 5.43 Å². The number of carbonyl (C=O) groups is 1. The summed E-state index contributed by atoms with van der Waals surface area (Å²) < 4.78 is 0. The molecule has 2 aromatic carbocycles. The lowest BCUT2D eigenvalue weighted by molar-refractivity contribution is -0.385. The summed E-state index contributed by atoms with van der Waals surface area (Å²) in [7, 11) is 0. The van der Waals surface area contributed by atoms with Crippen molar-refractivity contribution in [2.45, 2.75) is 6.10 Å². The number of carbonyl (C=O) groups excluding carboxylic acids is 1. The second-order valence-electron chi connectivity index (χ2n) is 4.67. The van der Waals surface area contributed by atoms with Gasteiger partial charge < -0.3 is 10.2 Å². The molecular weight excluding hydrogens is 338 g/mol. The second-order valence-corrected chi connectivity index (χ2v) is 5.10. The zero-order valence-corrected chi connectivity index (χ0v) is 12.8. The summed E-state index contributed by atoms with van der Waals surface area (Å²) in [6, 6.07) is 10.4. The van der Waals surface area contributed by atoms with Gasteiger partial charge >= 0.3 is 5.69 Å². The standard InChI is InChI=1S/C15H12ClN3O5/c16-11-6-10(13(20)12(7-11)19(23)24)8-17-18-15(22)14(21)9-4-2-1-3-5-9/h1-8,14,20-21H,(H,18,22). The van der Waals surface area contributed by atoms with E-state index in [1.165, 1.54) is 6.07 Å². The Morgan fingerprint density at radius 1 is 1.33 bits per heavy atom. The zero-order chi connectivity index (χ0) is 17.7.